The van der Waals surface area contributed by atoms with Crippen molar-refractivity contribution >= 4 is 0 Å². The first-order chi connectivity index (χ1) is 8.33. The highest BCUT2D eigenvalue weighted by Crippen LogP contribution is 2.20. The Hall–Kier alpha value is -0.120. The monoisotopic (exact) mass is 239 g/mol. The number of nitrogens with one attached hydrogen (secondary N) is 1. The minimum atomic E-state index is 0.692. The third kappa shape index (κ3) is 3.67. The standard InChI is InChI=1S/C14H29N3/c1-3-13(15-4-2)11-16-10-7-14(12-16)17-8-5-6-9-17/h13-15H,3-12H2,1-2H3. The van der Waals surface area contributed by atoms with Crippen LogP contribution in [0, 0.1) is 0 Å². The Morgan fingerprint density at radius 3 is 2.59 bits per heavy atom. The second-order valence-electron chi connectivity index (χ2n) is 5.61. The lowest BCUT2D eigenvalue weighted by Crippen LogP contribution is -2.41. The maximum Gasteiger partial charge on any atom is 0.0235 e. The molecule has 0 radical (unpaired) electrons. The maximum absolute atomic E-state index is 3.59. The minimum absolute atomic E-state index is 0.692. The molecule has 0 aromatic carbocycles. The Bertz CT molecular complexity index is 214. The molecule has 3 heteroatoms. The molecule has 0 aromatic rings. The zero-order valence-electron chi connectivity index (χ0n) is 11.6. The van der Waals surface area contributed by atoms with Crippen LogP contribution in [0.2, 0.25) is 0 Å². The van der Waals surface area contributed by atoms with Crippen LogP contribution in [0.4, 0.5) is 0 Å². The molecule has 2 heterocycles. The highest BCUT2D eigenvalue weighted by Gasteiger charge is 2.29. The zero-order valence-corrected chi connectivity index (χ0v) is 11.6. The van der Waals surface area contributed by atoms with Crippen LogP contribution < -0.4 is 5.32 Å². The fraction of sp³-hybridized carbons (Fsp3) is 1.00. The van der Waals surface area contributed by atoms with Gasteiger partial charge in [-0.2, -0.15) is 0 Å². The second-order valence-corrected chi connectivity index (χ2v) is 5.61. The maximum atomic E-state index is 3.59. The average molecular weight is 239 g/mol. The van der Waals surface area contributed by atoms with Gasteiger partial charge < -0.3 is 10.2 Å². The molecule has 0 aromatic heterocycles. The normalized spacial score (nSPS) is 28.9. The van der Waals surface area contributed by atoms with E-state index in [1.807, 2.05) is 0 Å². The number of hydrogen-bond donors (Lipinski definition) is 1. The summed E-state index contributed by atoms with van der Waals surface area (Å²) in [5.41, 5.74) is 0. The van der Waals surface area contributed by atoms with Gasteiger partial charge in [0.1, 0.15) is 0 Å². The van der Waals surface area contributed by atoms with Gasteiger partial charge in [0.25, 0.3) is 0 Å². The van der Waals surface area contributed by atoms with Gasteiger partial charge >= 0.3 is 0 Å². The van der Waals surface area contributed by atoms with Crippen LogP contribution in [0.15, 0.2) is 0 Å². The number of rotatable bonds is 6. The summed E-state index contributed by atoms with van der Waals surface area (Å²) >= 11 is 0. The quantitative estimate of drug-likeness (QED) is 0.758. The van der Waals surface area contributed by atoms with E-state index in [4.69, 9.17) is 0 Å². The van der Waals surface area contributed by atoms with E-state index in [1.54, 1.807) is 0 Å². The van der Waals surface area contributed by atoms with Crippen molar-refractivity contribution in [3.05, 3.63) is 0 Å². The summed E-state index contributed by atoms with van der Waals surface area (Å²) in [4.78, 5) is 5.38. The van der Waals surface area contributed by atoms with Crippen molar-refractivity contribution in [2.24, 2.45) is 0 Å². The van der Waals surface area contributed by atoms with Gasteiger partial charge in [0.2, 0.25) is 0 Å². The molecule has 0 aliphatic carbocycles. The summed E-state index contributed by atoms with van der Waals surface area (Å²) in [6.45, 7) is 12.2. The summed E-state index contributed by atoms with van der Waals surface area (Å²) in [5.74, 6) is 0. The molecular formula is C14H29N3. The topological polar surface area (TPSA) is 18.5 Å². The van der Waals surface area contributed by atoms with Gasteiger partial charge in [0, 0.05) is 25.2 Å². The Morgan fingerprint density at radius 2 is 1.94 bits per heavy atom. The highest BCUT2D eigenvalue weighted by molar-refractivity contribution is 4.87. The first kappa shape index (κ1) is 13.3. The van der Waals surface area contributed by atoms with Crippen molar-refractivity contribution in [1.82, 2.24) is 15.1 Å². The molecule has 2 atom stereocenters. The summed E-state index contributed by atoms with van der Waals surface area (Å²) < 4.78 is 0. The molecule has 2 aliphatic rings. The van der Waals surface area contributed by atoms with Crippen molar-refractivity contribution in [3.8, 4) is 0 Å². The molecule has 0 bridgehead atoms. The SMILES string of the molecule is CCNC(CC)CN1CCC(N2CCCC2)C1. The van der Waals surface area contributed by atoms with Crippen molar-refractivity contribution < 1.29 is 0 Å². The molecule has 2 fully saturated rings. The number of hydrogen-bond acceptors (Lipinski definition) is 3. The average Bonchev–Trinajstić information content (AvgIpc) is 2.98. The summed E-state index contributed by atoms with van der Waals surface area (Å²) in [6.07, 6.45) is 5.48. The first-order valence-electron chi connectivity index (χ1n) is 7.53. The van der Waals surface area contributed by atoms with Gasteiger partial charge in [-0.1, -0.05) is 13.8 Å². The van der Waals surface area contributed by atoms with Crippen molar-refractivity contribution in [2.75, 3.05) is 39.3 Å². The van der Waals surface area contributed by atoms with Crippen LogP contribution in [0.1, 0.15) is 39.5 Å². The Kier molecular flexibility index (Phi) is 5.26. The third-order valence-electron chi connectivity index (χ3n) is 4.37. The van der Waals surface area contributed by atoms with Crippen LogP contribution in [-0.4, -0.2) is 61.2 Å². The van der Waals surface area contributed by atoms with Crippen LogP contribution >= 0.6 is 0 Å². The second kappa shape index (κ2) is 6.72. The summed E-state index contributed by atoms with van der Waals surface area (Å²) in [5, 5.41) is 3.59. The molecule has 1 N–H and O–H groups in total. The van der Waals surface area contributed by atoms with E-state index in [0.717, 1.165) is 12.6 Å². The smallest absolute Gasteiger partial charge is 0.0235 e. The van der Waals surface area contributed by atoms with E-state index in [0.29, 0.717) is 6.04 Å². The van der Waals surface area contributed by atoms with Gasteiger partial charge in [-0.3, -0.25) is 4.90 Å². The molecule has 3 nitrogen and oxygen atoms in total. The molecular weight excluding hydrogens is 210 g/mol. The molecule has 0 amide bonds. The third-order valence-corrected chi connectivity index (χ3v) is 4.37. The van der Waals surface area contributed by atoms with E-state index < -0.39 is 0 Å². The summed E-state index contributed by atoms with van der Waals surface area (Å²) in [6, 6.07) is 1.55. The van der Waals surface area contributed by atoms with Crippen LogP contribution in [-0.2, 0) is 0 Å². The minimum Gasteiger partial charge on any atom is -0.313 e. The van der Waals surface area contributed by atoms with E-state index >= 15 is 0 Å². The fourth-order valence-corrected chi connectivity index (χ4v) is 3.32. The number of nitrogens with zero attached hydrogens (tertiary/aromatic N) is 2. The predicted octanol–water partition coefficient (Wildman–Crippen LogP) is 1.54. The molecule has 2 saturated heterocycles. The number of likely N-dealkylation sites (tertiary alicyclic amines) is 2. The lowest BCUT2D eigenvalue weighted by atomic mass is 10.2. The van der Waals surface area contributed by atoms with Crippen LogP contribution in [0.25, 0.3) is 0 Å². The van der Waals surface area contributed by atoms with Gasteiger partial charge in [-0.05, 0) is 51.9 Å². The predicted molar refractivity (Wildman–Crippen MR) is 73.4 cm³/mol. The van der Waals surface area contributed by atoms with Crippen molar-refractivity contribution in [3.63, 3.8) is 0 Å². The highest BCUT2D eigenvalue weighted by atomic mass is 15.3. The van der Waals surface area contributed by atoms with Crippen molar-refractivity contribution in [2.45, 2.75) is 51.6 Å². The molecule has 2 rings (SSSR count). The first-order valence-corrected chi connectivity index (χ1v) is 7.53. The Labute approximate surface area is 107 Å². The fourth-order valence-electron chi connectivity index (χ4n) is 3.32. The van der Waals surface area contributed by atoms with E-state index in [2.05, 4.69) is 29.0 Å². The van der Waals surface area contributed by atoms with Gasteiger partial charge in [0.05, 0.1) is 0 Å². The van der Waals surface area contributed by atoms with E-state index in [-0.39, 0.29) is 0 Å². The Balaban J connectivity index is 1.73. The van der Waals surface area contributed by atoms with Crippen LogP contribution in [0.5, 0.6) is 0 Å². The van der Waals surface area contributed by atoms with Crippen molar-refractivity contribution in [1.29, 1.82) is 0 Å². The molecule has 0 saturated carbocycles. The van der Waals surface area contributed by atoms with Gasteiger partial charge in [-0.15, -0.1) is 0 Å². The molecule has 2 unspecified atom stereocenters. The Morgan fingerprint density at radius 1 is 1.18 bits per heavy atom. The molecule has 2 aliphatic heterocycles. The lowest BCUT2D eigenvalue weighted by molar-refractivity contribution is 0.222. The largest absolute Gasteiger partial charge is 0.313 e. The van der Waals surface area contributed by atoms with Crippen LogP contribution in [0.3, 0.4) is 0 Å². The molecule has 17 heavy (non-hydrogen) atoms. The molecule has 100 valence electrons. The zero-order chi connectivity index (χ0) is 12.1. The summed E-state index contributed by atoms with van der Waals surface area (Å²) in [7, 11) is 0. The lowest BCUT2D eigenvalue weighted by Gasteiger charge is -2.26. The molecule has 0 spiro atoms. The van der Waals surface area contributed by atoms with Gasteiger partial charge in [-0.25, -0.2) is 0 Å². The van der Waals surface area contributed by atoms with E-state index in [1.165, 1.54) is 58.4 Å². The van der Waals surface area contributed by atoms with Gasteiger partial charge in [0.15, 0.2) is 0 Å². The van der Waals surface area contributed by atoms with E-state index in [9.17, 15) is 0 Å². The number of likely N-dealkylation sites (N-methyl/N-ethyl adjacent to an activating group) is 1.